The maximum Gasteiger partial charge on any atom is 0.573 e. The molecule has 0 bridgehead atoms. The van der Waals surface area contributed by atoms with Crippen LogP contribution >= 0.6 is 0 Å². The molecule has 176 valence electrons. The fraction of sp³-hybridized carbons (Fsp3) is 0.333. The second-order valence-corrected chi connectivity index (χ2v) is 7.66. The number of ether oxygens (including phenoxy) is 2. The summed E-state index contributed by atoms with van der Waals surface area (Å²) >= 11 is 0. The van der Waals surface area contributed by atoms with Crippen molar-refractivity contribution < 1.29 is 42.3 Å². The molecule has 0 aliphatic carbocycles. The number of methoxy groups -OCH3 is 1. The number of quaternary nitrogens is 1. The van der Waals surface area contributed by atoms with Crippen molar-refractivity contribution in [1.82, 2.24) is 4.48 Å². The van der Waals surface area contributed by atoms with Crippen molar-refractivity contribution in [1.29, 1.82) is 0 Å². The molecule has 3 unspecified atom stereocenters. The molecular formula is C21H20F3N2O7+. The molecule has 1 aliphatic heterocycles. The summed E-state index contributed by atoms with van der Waals surface area (Å²) < 4.78 is 45.3. The molecule has 1 fully saturated rings. The van der Waals surface area contributed by atoms with E-state index in [2.05, 4.69) is 4.74 Å². The number of esters is 1. The molecule has 0 spiro atoms. The second kappa shape index (κ2) is 9.06. The highest BCUT2D eigenvalue weighted by atomic mass is 19.4. The first kappa shape index (κ1) is 24.0. The Kier molecular flexibility index (Phi) is 6.58. The van der Waals surface area contributed by atoms with Crippen molar-refractivity contribution in [2.24, 2.45) is 5.92 Å². The predicted molar refractivity (Wildman–Crippen MR) is 109 cm³/mol. The highest BCUT2D eigenvalue weighted by Gasteiger charge is 2.50. The normalized spacial score (nSPS) is 22.9. The molecule has 0 aromatic heterocycles. The van der Waals surface area contributed by atoms with E-state index in [1.165, 1.54) is 43.5 Å². The van der Waals surface area contributed by atoms with E-state index in [-0.39, 0.29) is 30.9 Å². The summed E-state index contributed by atoms with van der Waals surface area (Å²) in [6, 6.07) is 10.0. The van der Waals surface area contributed by atoms with E-state index in [9.17, 15) is 38.0 Å². The van der Waals surface area contributed by atoms with Gasteiger partial charge in [0, 0.05) is 30.2 Å². The summed E-state index contributed by atoms with van der Waals surface area (Å²) in [5, 5.41) is 21.1. The van der Waals surface area contributed by atoms with Crippen LogP contribution in [0, 0.1) is 16.0 Å². The summed E-state index contributed by atoms with van der Waals surface area (Å²) in [5.41, 5.74) is 0.521. The molecule has 12 heteroatoms. The van der Waals surface area contributed by atoms with Crippen LogP contribution in [0.25, 0.3) is 0 Å². The van der Waals surface area contributed by atoms with E-state index in [4.69, 9.17) is 4.74 Å². The van der Waals surface area contributed by atoms with E-state index in [0.29, 0.717) is 5.56 Å². The Morgan fingerprint density at radius 2 is 1.70 bits per heavy atom. The average molecular weight is 469 g/mol. The molecule has 2 aromatic rings. The van der Waals surface area contributed by atoms with Gasteiger partial charge in [0.15, 0.2) is 0 Å². The van der Waals surface area contributed by atoms with Gasteiger partial charge in [-0.2, -0.15) is 9.28 Å². The Hall–Kier alpha value is -3.67. The molecule has 0 saturated carbocycles. The Morgan fingerprint density at radius 3 is 2.18 bits per heavy atom. The first-order valence-electron chi connectivity index (χ1n) is 9.74. The minimum absolute atomic E-state index is 0.0277. The number of piperidine rings is 1. The maximum atomic E-state index is 12.5. The van der Waals surface area contributed by atoms with E-state index in [1.54, 1.807) is 0 Å². The summed E-state index contributed by atoms with van der Waals surface area (Å²) in [4.78, 5) is 35.2. The van der Waals surface area contributed by atoms with Gasteiger partial charge in [0.25, 0.3) is 5.69 Å². The Morgan fingerprint density at radius 1 is 1.09 bits per heavy atom. The lowest BCUT2D eigenvalue weighted by molar-refractivity contribution is -0.384. The van der Waals surface area contributed by atoms with Crippen LogP contribution in [0.15, 0.2) is 48.5 Å². The molecule has 1 saturated heterocycles. The molecule has 0 radical (unpaired) electrons. The molecular weight excluding hydrogens is 449 g/mol. The Bertz CT molecular complexity index is 1040. The number of hydrogen-bond donors (Lipinski definition) is 1. The van der Waals surface area contributed by atoms with E-state index in [1.807, 2.05) is 0 Å². The third kappa shape index (κ3) is 5.22. The van der Waals surface area contributed by atoms with Gasteiger partial charge in [0.2, 0.25) is 0 Å². The number of hydrogen-bond acceptors (Lipinski definition) is 6. The first-order valence-corrected chi connectivity index (χ1v) is 9.74. The molecule has 1 N–H and O–H groups in total. The van der Waals surface area contributed by atoms with Crippen molar-refractivity contribution >= 4 is 23.4 Å². The average Bonchev–Trinajstić information content (AvgIpc) is 2.77. The number of nitro benzene ring substituents is 1. The Balaban J connectivity index is 2.00. The number of nitrogens with zero attached hydrogens (tertiary/aromatic N) is 2. The fourth-order valence-corrected chi connectivity index (χ4v) is 4.18. The number of rotatable bonds is 5. The summed E-state index contributed by atoms with van der Waals surface area (Å²) in [6.45, 7) is -0.175. The molecule has 3 atom stereocenters. The SMILES string of the molecule is COC(=O)C1CC(c2ccc(OC(F)(F)F)cc2)C[N+](C(=O)O)(c2ccc([N+](=O)[O-])cc2)C1. The third-order valence-electron chi connectivity index (χ3n) is 5.67. The lowest BCUT2D eigenvalue weighted by atomic mass is 9.82. The molecule has 9 nitrogen and oxygen atoms in total. The standard InChI is InChI=1S/C21H19F3N2O7/c1-32-19(27)15-10-14(13-2-8-18(9-3-13)33-21(22,23)24)11-26(12-15,20(28)29)17-6-4-16(5-7-17)25(30)31/h2-9,14-15H,10-12H2,1H3/p+1. The van der Waals surface area contributed by atoms with Crippen LogP contribution in [0.5, 0.6) is 5.75 Å². The van der Waals surface area contributed by atoms with Gasteiger partial charge in [-0.05, 0) is 24.1 Å². The number of carbonyl (C=O) groups excluding carboxylic acids is 1. The van der Waals surface area contributed by atoms with Gasteiger partial charge in [0.05, 0.1) is 12.0 Å². The smallest absolute Gasteiger partial charge is 0.469 e. The summed E-state index contributed by atoms with van der Waals surface area (Å²) in [6.07, 6.45) is -5.92. The van der Waals surface area contributed by atoms with Crippen LogP contribution in [0.3, 0.4) is 0 Å². The van der Waals surface area contributed by atoms with Crippen molar-refractivity contribution in [3.8, 4) is 5.75 Å². The van der Waals surface area contributed by atoms with Crippen molar-refractivity contribution in [2.45, 2.75) is 18.7 Å². The molecule has 1 aliphatic rings. The highest BCUT2D eigenvalue weighted by Crippen LogP contribution is 2.40. The van der Waals surface area contributed by atoms with Gasteiger partial charge in [-0.3, -0.25) is 14.9 Å². The van der Waals surface area contributed by atoms with Crippen LogP contribution in [0.2, 0.25) is 0 Å². The zero-order valence-corrected chi connectivity index (χ0v) is 17.3. The number of amides is 1. The number of alkyl halides is 3. The minimum atomic E-state index is -4.85. The lowest BCUT2D eigenvalue weighted by Gasteiger charge is -2.41. The van der Waals surface area contributed by atoms with Gasteiger partial charge in [-0.15, -0.1) is 13.2 Å². The third-order valence-corrected chi connectivity index (χ3v) is 5.67. The van der Waals surface area contributed by atoms with Gasteiger partial charge < -0.3 is 14.6 Å². The monoisotopic (exact) mass is 469 g/mol. The molecule has 2 aromatic carbocycles. The molecule has 1 heterocycles. The van der Waals surface area contributed by atoms with Crippen LogP contribution in [0.4, 0.5) is 29.3 Å². The number of halogens is 3. The topological polar surface area (TPSA) is 116 Å². The number of benzene rings is 2. The quantitative estimate of drug-likeness (QED) is 0.298. The van der Waals surface area contributed by atoms with Crippen molar-refractivity contribution in [3.63, 3.8) is 0 Å². The first-order chi connectivity index (χ1) is 15.4. The van der Waals surface area contributed by atoms with E-state index in [0.717, 1.165) is 12.1 Å². The van der Waals surface area contributed by atoms with Crippen molar-refractivity contribution in [2.75, 3.05) is 20.2 Å². The van der Waals surface area contributed by atoms with Gasteiger partial charge in [-0.25, -0.2) is 0 Å². The number of carboxylic acid groups (broad SMARTS) is 1. The van der Waals surface area contributed by atoms with Gasteiger partial charge in [-0.1, -0.05) is 12.1 Å². The zero-order chi connectivity index (χ0) is 24.4. The van der Waals surface area contributed by atoms with Gasteiger partial charge in [0.1, 0.15) is 30.4 Å². The van der Waals surface area contributed by atoms with Crippen molar-refractivity contribution in [3.05, 3.63) is 64.2 Å². The Labute approximate surface area is 185 Å². The lowest BCUT2D eigenvalue weighted by Crippen LogP contribution is -2.62. The van der Waals surface area contributed by atoms with Crippen LogP contribution in [-0.4, -0.2) is 48.7 Å². The van der Waals surface area contributed by atoms with E-state index >= 15 is 0 Å². The van der Waals surface area contributed by atoms with Crippen LogP contribution in [-0.2, 0) is 9.53 Å². The van der Waals surface area contributed by atoms with Crippen LogP contribution < -0.4 is 9.22 Å². The summed E-state index contributed by atoms with van der Waals surface area (Å²) in [5.74, 6) is -2.41. The summed E-state index contributed by atoms with van der Waals surface area (Å²) in [7, 11) is 1.18. The fourth-order valence-electron chi connectivity index (χ4n) is 4.18. The van der Waals surface area contributed by atoms with E-state index < -0.39 is 45.4 Å². The second-order valence-electron chi connectivity index (χ2n) is 7.66. The highest BCUT2D eigenvalue weighted by molar-refractivity contribution is 5.83. The zero-order valence-electron chi connectivity index (χ0n) is 17.3. The number of nitro groups is 1. The number of non-ortho nitro benzene ring substituents is 1. The maximum absolute atomic E-state index is 12.5. The molecule has 33 heavy (non-hydrogen) atoms. The predicted octanol–water partition coefficient (Wildman–Crippen LogP) is 4.46. The molecule has 3 rings (SSSR count). The minimum Gasteiger partial charge on any atom is -0.469 e. The van der Waals surface area contributed by atoms with Gasteiger partial charge >= 0.3 is 18.4 Å². The van der Waals surface area contributed by atoms with Crippen LogP contribution in [0.1, 0.15) is 17.9 Å². The number of carbonyl (C=O) groups is 2. The number of likely N-dealkylation sites (tertiary alicyclic amines) is 1. The molecule has 1 amide bonds. The largest absolute Gasteiger partial charge is 0.573 e.